The van der Waals surface area contributed by atoms with Crippen molar-refractivity contribution in [3.63, 3.8) is 0 Å². The van der Waals surface area contributed by atoms with Crippen molar-refractivity contribution in [1.29, 1.82) is 0 Å². The van der Waals surface area contributed by atoms with Crippen molar-refractivity contribution < 1.29 is 17.9 Å². The number of ether oxygens (including phenoxy) is 1. The van der Waals surface area contributed by atoms with Gasteiger partial charge in [-0.1, -0.05) is 6.92 Å². The second-order valence-corrected chi connectivity index (χ2v) is 9.49. The maximum atomic E-state index is 12.6. The molecular weight excluding hydrogens is 434 g/mol. The summed E-state index contributed by atoms with van der Waals surface area (Å²) in [6, 6.07) is 1.53. The van der Waals surface area contributed by atoms with E-state index in [0.717, 1.165) is 4.31 Å². The van der Waals surface area contributed by atoms with Gasteiger partial charge < -0.3 is 4.74 Å². The van der Waals surface area contributed by atoms with Crippen molar-refractivity contribution in [1.82, 2.24) is 4.31 Å². The predicted octanol–water partition coefficient (Wildman–Crippen LogP) is 3.24. The third-order valence-corrected chi connectivity index (χ3v) is 6.93. The molecule has 0 bridgehead atoms. The molecule has 1 rings (SSSR count). The van der Waals surface area contributed by atoms with E-state index in [1.54, 1.807) is 6.92 Å². The van der Waals surface area contributed by atoms with Crippen LogP contribution >= 0.6 is 43.2 Å². The van der Waals surface area contributed by atoms with Crippen molar-refractivity contribution in [2.24, 2.45) is 0 Å². The topological polar surface area (TPSA) is 63.7 Å². The Bertz CT molecular complexity index is 571. The molecule has 20 heavy (non-hydrogen) atoms. The van der Waals surface area contributed by atoms with Crippen LogP contribution in [0.3, 0.4) is 0 Å². The Balaban J connectivity index is 3.06. The molecular formula is C11H15Br2NO4S2. The molecule has 0 unspecified atom stereocenters. The van der Waals surface area contributed by atoms with Gasteiger partial charge in [0.15, 0.2) is 0 Å². The molecule has 9 heteroatoms. The highest BCUT2D eigenvalue weighted by Crippen LogP contribution is 2.36. The molecule has 0 saturated carbocycles. The first-order valence-corrected chi connectivity index (χ1v) is 9.77. The molecule has 1 aromatic rings. The Labute approximate surface area is 139 Å². The van der Waals surface area contributed by atoms with Crippen LogP contribution in [0.4, 0.5) is 0 Å². The number of hydrogen-bond donors (Lipinski definition) is 0. The highest BCUT2D eigenvalue weighted by molar-refractivity contribution is 9.12. The molecule has 0 saturated heterocycles. The predicted molar refractivity (Wildman–Crippen MR) is 85.4 cm³/mol. The van der Waals surface area contributed by atoms with Crippen LogP contribution in [0.5, 0.6) is 0 Å². The Hall–Kier alpha value is 0.0400. The van der Waals surface area contributed by atoms with E-state index in [-0.39, 0.29) is 24.6 Å². The number of sulfonamides is 1. The number of thiophene rings is 1. The maximum Gasteiger partial charge on any atom is 0.321 e. The minimum Gasteiger partial charge on any atom is -0.465 e. The molecule has 0 aliphatic carbocycles. The van der Waals surface area contributed by atoms with Gasteiger partial charge in [0.05, 0.1) is 14.2 Å². The van der Waals surface area contributed by atoms with Crippen LogP contribution in [-0.4, -0.2) is 38.4 Å². The quantitative estimate of drug-likeness (QED) is 0.600. The highest BCUT2D eigenvalue weighted by Gasteiger charge is 2.29. The Kier molecular flexibility index (Phi) is 7.13. The first-order valence-electron chi connectivity index (χ1n) is 5.93. The monoisotopic (exact) mass is 447 g/mol. The molecule has 0 aromatic carbocycles. The third-order valence-electron chi connectivity index (χ3n) is 2.33. The first kappa shape index (κ1) is 18.1. The van der Waals surface area contributed by atoms with Crippen LogP contribution in [0.25, 0.3) is 0 Å². The van der Waals surface area contributed by atoms with Gasteiger partial charge in [-0.3, -0.25) is 4.79 Å². The number of carbonyl (C=O) groups excluding carboxylic acids is 1. The van der Waals surface area contributed by atoms with Crippen molar-refractivity contribution >= 4 is 59.2 Å². The lowest BCUT2D eigenvalue weighted by molar-refractivity contribution is -0.143. The summed E-state index contributed by atoms with van der Waals surface area (Å²) in [7, 11) is -3.72. The smallest absolute Gasteiger partial charge is 0.321 e. The number of nitrogens with zero attached hydrogens (tertiary/aromatic N) is 1. The zero-order chi connectivity index (χ0) is 15.3. The van der Waals surface area contributed by atoms with Crippen LogP contribution < -0.4 is 0 Å². The van der Waals surface area contributed by atoms with Gasteiger partial charge in [0, 0.05) is 6.54 Å². The van der Waals surface area contributed by atoms with Crippen LogP contribution in [0.15, 0.2) is 18.5 Å². The average Bonchev–Trinajstić information content (AvgIpc) is 2.69. The van der Waals surface area contributed by atoms with Gasteiger partial charge in [0.2, 0.25) is 10.0 Å². The molecule has 0 fully saturated rings. The normalized spacial score (nSPS) is 11.8. The van der Waals surface area contributed by atoms with E-state index in [2.05, 4.69) is 31.9 Å². The van der Waals surface area contributed by atoms with Gasteiger partial charge in [0.25, 0.3) is 0 Å². The summed E-state index contributed by atoms with van der Waals surface area (Å²) in [6.45, 7) is 3.76. The van der Waals surface area contributed by atoms with E-state index in [0.29, 0.717) is 14.0 Å². The molecule has 0 amide bonds. The molecule has 0 N–H and O–H groups in total. The average molecular weight is 449 g/mol. The number of carbonyl (C=O) groups is 1. The van der Waals surface area contributed by atoms with Crippen molar-refractivity contribution in [2.45, 2.75) is 25.2 Å². The number of halogens is 2. The minimum absolute atomic E-state index is 0.159. The van der Waals surface area contributed by atoms with Gasteiger partial charge in [-0.15, -0.1) is 11.3 Å². The van der Waals surface area contributed by atoms with Gasteiger partial charge >= 0.3 is 5.97 Å². The zero-order valence-corrected chi connectivity index (χ0v) is 15.9. The number of hydrogen-bond acceptors (Lipinski definition) is 5. The number of rotatable bonds is 7. The Morgan fingerprint density at radius 3 is 2.50 bits per heavy atom. The van der Waals surface area contributed by atoms with Crippen LogP contribution in [0, 0.1) is 0 Å². The van der Waals surface area contributed by atoms with Crippen LogP contribution in [0.2, 0.25) is 0 Å². The molecule has 5 nitrogen and oxygen atoms in total. The van der Waals surface area contributed by atoms with Crippen molar-refractivity contribution in [3.8, 4) is 0 Å². The van der Waals surface area contributed by atoms with Crippen LogP contribution in [-0.2, 0) is 19.6 Å². The second-order valence-electron chi connectivity index (χ2n) is 3.83. The van der Waals surface area contributed by atoms with E-state index >= 15 is 0 Å². The standard InChI is InChI=1S/C11H15Br2NO4S2/c1-3-5-14(7-10(15)18-4-2)20(16,17)8-6-9(12)19-11(8)13/h6H,3-5,7H2,1-2H3. The molecule has 114 valence electrons. The van der Waals surface area contributed by atoms with E-state index < -0.39 is 16.0 Å². The van der Waals surface area contributed by atoms with Gasteiger partial charge in [-0.25, -0.2) is 8.42 Å². The summed E-state index contributed by atoms with van der Waals surface area (Å²) in [6.07, 6.45) is 0.613. The molecule has 0 spiro atoms. The summed E-state index contributed by atoms with van der Waals surface area (Å²) >= 11 is 7.76. The van der Waals surface area contributed by atoms with Gasteiger partial charge in [-0.2, -0.15) is 4.31 Å². The molecule has 0 radical (unpaired) electrons. The Morgan fingerprint density at radius 1 is 1.40 bits per heavy atom. The zero-order valence-electron chi connectivity index (χ0n) is 11.1. The molecule has 0 aliphatic rings. The molecule has 1 aromatic heterocycles. The summed E-state index contributed by atoms with van der Waals surface area (Å²) in [5.41, 5.74) is 0. The van der Waals surface area contributed by atoms with E-state index in [1.165, 1.54) is 17.4 Å². The second kappa shape index (κ2) is 7.88. The largest absolute Gasteiger partial charge is 0.465 e. The number of esters is 1. The third kappa shape index (κ3) is 4.52. The lowest BCUT2D eigenvalue weighted by Crippen LogP contribution is -2.37. The lowest BCUT2D eigenvalue weighted by Gasteiger charge is -2.20. The fourth-order valence-corrected chi connectivity index (χ4v) is 6.76. The molecule has 1 heterocycles. The summed E-state index contributed by atoms with van der Waals surface area (Å²) in [5.74, 6) is -0.546. The van der Waals surface area contributed by atoms with Crippen molar-refractivity contribution in [3.05, 3.63) is 13.6 Å². The van der Waals surface area contributed by atoms with Gasteiger partial charge in [0.1, 0.15) is 11.4 Å². The maximum absolute atomic E-state index is 12.6. The summed E-state index contributed by atoms with van der Waals surface area (Å²) in [5, 5.41) is 0. The Morgan fingerprint density at radius 2 is 2.05 bits per heavy atom. The molecule has 0 atom stereocenters. The SMILES string of the molecule is CCCN(CC(=O)OCC)S(=O)(=O)c1cc(Br)sc1Br. The summed E-state index contributed by atoms with van der Waals surface area (Å²) in [4.78, 5) is 11.7. The highest BCUT2D eigenvalue weighted by atomic mass is 79.9. The van der Waals surface area contributed by atoms with Gasteiger partial charge in [-0.05, 0) is 51.3 Å². The van der Waals surface area contributed by atoms with Crippen molar-refractivity contribution in [2.75, 3.05) is 19.7 Å². The molecule has 0 aliphatic heterocycles. The fourth-order valence-electron chi connectivity index (χ4n) is 1.52. The minimum atomic E-state index is -3.72. The van der Waals surface area contributed by atoms with Crippen LogP contribution in [0.1, 0.15) is 20.3 Å². The first-order chi connectivity index (χ1) is 9.32. The van der Waals surface area contributed by atoms with E-state index in [1.807, 2.05) is 6.92 Å². The van der Waals surface area contributed by atoms with E-state index in [4.69, 9.17) is 4.74 Å². The lowest BCUT2D eigenvalue weighted by atomic mass is 10.5. The fraction of sp³-hybridized carbons (Fsp3) is 0.545. The summed E-state index contributed by atoms with van der Waals surface area (Å²) < 4.78 is 32.3. The van der Waals surface area contributed by atoms with E-state index in [9.17, 15) is 13.2 Å².